The third-order valence-corrected chi connectivity index (χ3v) is 2.41. The molecule has 1 saturated carbocycles. The molecule has 56 valence electrons. The average molecular weight is 138 g/mol. The maximum absolute atomic E-state index is 9.17. The number of terminal acetylenes is 1. The summed E-state index contributed by atoms with van der Waals surface area (Å²) in [6.45, 7) is 2.10. The Labute approximate surface area is 62.4 Å². The normalized spacial score (nSPS) is 40.7. The molecule has 1 N–H and O–H groups in total. The molecule has 0 aromatic heterocycles. The molecule has 0 aromatic rings. The van der Waals surface area contributed by atoms with E-state index in [1.807, 2.05) is 0 Å². The number of hydrogen-bond acceptors (Lipinski definition) is 1. The summed E-state index contributed by atoms with van der Waals surface area (Å²) in [5.74, 6) is 2.79. The highest BCUT2D eigenvalue weighted by Crippen LogP contribution is 2.34. The number of aliphatic hydroxyl groups is 1. The van der Waals surface area contributed by atoms with Crippen LogP contribution in [0.4, 0.5) is 0 Å². The van der Waals surface area contributed by atoms with Crippen molar-refractivity contribution in [2.45, 2.75) is 38.7 Å². The van der Waals surface area contributed by atoms with Gasteiger partial charge in [-0.3, -0.25) is 0 Å². The van der Waals surface area contributed by atoms with E-state index in [0.29, 0.717) is 0 Å². The van der Waals surface area contributed by atoms with Crippen molar-refractivity contribution in [3.63, 3.8) is 0 Å². The largest absolute Gasteiger partial charge is 0.393 e. The number of rotatable bonds is 0. The summed E-state index contributed by atoms with van der Waals surface area (Å²) in [6.07, 6.45) is 8.96. The van der Waals surface area contributed by atoms with Crippen LogP contribution in [0, 0.1) is 17.8 Å². The summed E-state index contributed by atoms with van der Waals surface area (Å²) in [7, 11) is 0. The van der Waals surface area contributed by atoms with E-state index in [-0.39, 0.29) is 11.5 Å². The zero-order valence-corrected chi connectivity index (χ0v) is 6.43. The molecule has 0 aromatic carbocycles. The van der Waals surface area contributed by atoms with Gasteiger partial charge in [-0.05, 0) is 32.6 Å². The van der Waals surface area contributed by atoms with Crippen LogP contribution in [-0.2, 0) is 0 Å². The van der Waals surface area contributed by atoms with Gasteiger partial charge in [0.05, 0.1) is 6.10 Å². The SMILES string of the molecule is C#C[C@]1(C)CC[C@H](O)CC1. The second-order valence-electron chi connectivity index (χ2n) is 3.44. The van der Waals surface area contributed by atoms with Crippen molar-refractivity contribution in [2.24, 2.45) is 5.41 Å². The molecule has 0 spiro atoms. The second-order valence-corrected chi connectivity index (χ2v) is 3.44. The van der Waals surface area contributed by atoms with Gasteiger partial charge >= 0.3 is 0 Å². The quantitative estimate of drug-likeness (QED) is 0.504. The Morgan fingerprint density at radius 2 is 2.00 bits per heavy atom. The third-order valence-electron chi connectivity index (χ3n) is 2.41. The third kappa shape index (κ3) is 1.52. The van der Waals surface area contributed by atoms with Crippen molar-refractivity contribution in [1.29, 1.82) is 0 Å². The Balaban J connectivity index is 2.48. The zero-order valence-electron chi connectivity index (χ0n) is 6.43. The monoisotopic (exact) mass is 138 g/mol. The summed E-state index contributed by atoms with van der Waals surface area (Å²) in [5.41, 5.74) is 0.0687. The lowest BCUT2D eigenvalue weighted by molar-refractivity contribution is 0.0944. The van der Waals surface area contributed by atoms with Gasteiger partial charge in [0.2, 0.25) is 0 Å². The van der Waals surface area contributed by atoms with Gasteiger partial charge in [-0.2, -0.15) is 0 Å². The van der Waals surface area contributed by atoms with E-state index in [9.17, 15) is 0 Å². The summed E-state index contributed by atoms with van der Waals surface area (Å²) >= 11 is 0. The van der Waals surface area contributed by atoms with Gasteiger partial charge in [-0.1, -0.05) is 0 Å². The van der Waals surface area contributed by atoms with Crippen LogP contribution in [0.25, 0.3) is 0 Å². The molecule has 0 bridgehead atoms. The molecule has 0 aliphatic heterocycles. The zero-order chi connectivity index (χ0) is 7.61. The van der Waals surface area contributed by atoms with Gasteiger partial charge in [0.15, 0.2) is 0 Å². The minimum absolute atomic E-state index is 0.0687. The first-order valence-corrected chi connectivity index (χ1v) is 3.82. The fraction of sp³-hybridized carbons (Fsp3) is 0.778. The number of hydrogen-bond donors (Lipinski definition) is 1. The lowest BCUT2D eigenvalue weighted by atomic mass is 9.75. The lowest BCUT2D eigenvalue weighted by Crippen LogP contribution is -2.25. The molecule has 10 heavy (non-hydrogen) atoms. The maximum Gasteiger partial charge on any atom is 0.0541 e. The van der Waals surface area contributed by atoms with Crippen molar-refractivity contribution in [3.8, 4) is 12.3 Å². The first-order chi connectivity index (χ1) is 4.66. The van der Waals surface area contributed by atoms with Crippen LogP contribution >= 0.6 is 0 Å². The Morgan fingerprint density at radius 3 is 2.40 bits per heavy atom. The van der Waals surface area contributed by atoms with Crippen LogP contribution in [-0.4, -0.2) is 11.2 Å². The van der Waals surface area contributed by atoms with Crippen LogP contribution in [0.1, 0.15) is 32.6 Å². The molecule has 1 nitrogen and oxygen atoms in total. The van der Waals surface area contributed by atoms with E-state index < -0.39 is 0 Å². The van der Waals surface area contributed by atoms with Gasteiger partial charge < -0.3 is 5.11 Å². The fourth-order valence-corrected chi connectivity index (χ4v) is 1.38. The Morgan fingerprint density at radius 1 is 1.50 bits per heavy atom. The van der Waals surface area contributed by atoms with Crippen LogP contribution in [0.15, 0.2) is 0 Å². The first kappa shape index (κ1) is 7.63. The van der Waals surface area contributed by atoms with Gasteiger partial charge in [-0.15, -0.1) is 12.3 Å². The summed E-state index contributed by atoms with van der Waals surface area (Å²) in [4.78, 5) is 0. The van der Waals surface area contributed by atoms with E-state index in [1.54, 1.807) is 0 Å². The van der Waals surface area contributed by atoms with E-state index >= 15 is 0 Å². The second kappa shape index (κ2) is 2.64. The van der Waals surface area contributed by atoms with Crippen LogP contribution in [0.5, 0.6) is 0 Å². The van der Waals surface area contributed by atoms with Crippen LogP contribution in [0.2, 0.25) is 0 Å². The lowest BCUT2D eigenvalue weighted by Gasteiger charge is -2.30. The van der Waals surface area contributed by atoms with Crippen molar-refractivity contribution < 1.29 is 5.11 Å². The van der Waals surface area contributed by atoms with E-state index in [0.717, 1.165) is 25.7 Å². The Kier molecular flexibility index (Phi) is 2.01. The molecule has 1 rings (SSSR count). The van der Waals surface area contributed by atoms with E-state index in [1.165, 1.54) is 0 Å². The highest BCUT2D eigenvalue weighted by Gasteiger charge is 2.27. The van der Waals surface area contributed by atoms with Crippen molar-refractivity contribution >= 4 is 0 Å². The summed E-state index contributed by atoms with van der Waals surface area (Å²) in [5, 5.41) is 9.17. The highest BCUT2D eigenvalue weighted by atomic mass is 16.3. The molecule has 0 amide bonds. The van der Waals surface area contributed by atoms with E-state index in [4.69, 9.17) is 11.5 Å². The summed E-state index contributed by atoms with van der Waals surface area (Å²) < 4.78 is 0. The molecule has 1 aliphatic carbocycles. The van der Waals surface area contributed by atoms with Crippen molar-refractivity contribution in [1.82, 2.24) is 0 Å². The topological polar surface area (TPSA) is 20.2 Å². The van der Waals surface area contributed by atoms with Gasteiger partial charge in [0.1, 0.15) is 0 Å². The minimum atomic E-state index is -0.0959. The molecule has 1 aliphatic rings. The smallest absolute Gasteiger partial charge is 0.0541 e. The molecular formula is C9H14O. The predicted octanol–water partition coefficient (Wildman–Crippen LogP) is 1.56. The van der Waals surface area contributed by atoms with Crippen molar-refractivity contribution in [2.75, 3.05) is 0 Å². The molecule has 0 radical (unpaired) electrons. The summed E-state index contributed by atoms with van der Waals surface area (Å²) in [6, 6.07) is 0. The highest BCUT2D eigenvalue weighted by molar-refractivity contribution is 5.04. The van der Waals surface area contributed by atoms with Crippen LogP contribution in [0.3, 0.4) is 0 Å². The molecule has 0 atom stereocenters. The predicted molar refractivity (Wildman–Crippen MR) is 41.4 cm³/mol. The van der Waals surface area contributed by atoms with Gasteiger partial charge in [0.25, 0.3) is 0 Å². The van der Waals surface area contributed by atoms with Crippen molar-refractivity contribution in [3.05, 3.63) is 0 Å². The van der Waals surface area contributed by atoms with Gasteiger partial charge in [0, 0.05) is 5.41 Å². The molecule has 1 heteroatoms. The molecule has 0 unspecified atom stereocenters. The Bertz CT molecular complexity index is 147. The Hall–Kier alpha value is -0.480. The van der Waals surface area contributed by atoms with E-state index in [2.05, 4.69) is 12.8 Å². The maximum atomic E-state index is 9.17. The van der Waals surface area contributed by atoms with Gasteiger partial charge in [-0.25, -0.2) is 0 Å². The molecule has 1 fully saturated rings. The average Bonchev–Trinajstić information content (AvgIpc) is 1.96. The minimum Gasteiger partial charge on any atom is -0.393 e. The number of aliphatic hydroxyl groups excluding tert-OH is 1. The molecule has 0 heterocycles. The molecular weight excluding hydrogens is 124 g/mol. The van der Waals surface area contributed by atoms with Crippen LogP contribution < -0.4 is 0 Å². The standard InChI is InChI=1S/C9H14O/c1-3-9(2)6-4-8(10)5-7-9/h1,8,10H,4-7H2,2H3/t8-,9+. The fourth-order valence-electron chi connectivity index (χ4n) is 1.38. The molecule has 0 saturated heterocycles. The first-order valence-electron chi connectivity index (χ1n) is 3.82.